The molecule has 1 saturated carbocycles. The van der Waals surface area contributed by atoms with Crippen LogP contribution in [0.25, 0.3) is 0 Å². The Hall–Kier alpha value is -0.160. The summed E-state index contributed by atoms with van der Waals surface area (Å²) < 4.78 is 11.5. The van der Waals surface area contributed by atoms with Crippen molar-refractivity contribution >= 4 is 0 Å². The normalized spacial score (nSPS) is 43.4. The van der Waals surface area contributed by atoms with Crippen molar-refractivity contribution in [3.8, 4) is 0 Å². The predicted octanol–water partition coefficient (Wildman–Crippen LogP) is 1.49. The molecule has 2 heterocycles. The number of fused-ring (bicyclic) bond motifs is 1. The summed E-state index contributed by atoms with van der Waals surface area (Å²) in [6, 6.07) is 0. The monoisotopic (exact) mass is 282 g/mol. The van der Waals surface area contributed by atoms with Crippen LogP contribution in [0.5, 0.6) is 0 Å². The minimum Gasteiger partial charge on any atom is -0.381 e. The molecule has 4 heteroatoms. The quantitative estimate of drug-likeness (QED) is 0.848. The van der Waals surface area contributed by atoms with Crippen LogP contribution in [-0.2, 0) is 9.47 Å². The lowest BCUT2D eigenvalue weighted by Crippen LogP contribution is -2.78. The molecule has 0 aromatic carbocycles. The molecule has 3 rings (SSSR count). The lowest BCUT2D eigenvalue weighted by atomic mass is 9.48. The third kappa shape index (κ3) is 2.21. The van der Waals surface area contributed by atoms with E-state index in [1.165, 1.54) is 12.8 Å². The molecule has 0 spiro atoms. The lowest BCUT2D eigenvalue weighted by Gasteiger charge is -2.63. The molecule has 0 aromatic heterocycles. The average Bonchev–Trinajstić information content (AvgIpc) is 2.88. The summed E-state index contributed by atoms with van der Waals surface area (Å²) in [6.07, 6.45) is 4.00. The van der Waals surface area contributed by atoms with Gasteiger partial charge in [0.15, 0.2) is 0 Å². The van der Waals surface area contributed by atoms with Crippen LogP contribution in [-0.4, -0.2) is 56.5 Å². The first-order valence-corrected chi connectivity index (χ1v) is 8.12. The SMILES string of the molecule is CN(CC1CCCOC1)CC1(N)C2CCOC2C1(C)C. The molecular formula is C16H30N2O2. The molecule has 2 saturated heterocycles. The fourth-order valence-electron chi connectivity index (χ4n) is 4.70. The average molecular weight is 282 g/mol. The van der Waals surface area contributed by atoms with E-state index in [9.17, 15) is 0 Å². The second kappa shape index (κ2) is 5.24. The molecule has 0 aromatic rings. The molecule has 0 radical (unpaired) electrons. The highest BCUT2D eigenvalue weighted by Gasteiger charge is 2.67. The smallest absolute Gasteiger partial charge is 0.0691 e. The Morgan fingerprint density at radius 3 is 2.75 bits per heavy atom. The molecule has 3 fully saturated rings. The van der Waals surface area contributed by atoms with E-state index in [4.69, 9.17) is 15.2 Å². The molecule has 116 valence electrons. The van der Waals surface area contributed by atoms with Gasteiger partial charge in [0.25, 0.3) is 0 Å². The van der Waals surface area contributed by atoms with Crippen LogP contribution in [0.15, 0.2) is 0 Å². The van der Waals surface area contributed by atoms with Crippen molar-refractivity contribution in [2.24, 2.45) is 23.0 Å². The molecule has 0 bridgehead atoms. The van der Waals surface area contributed by atoms with Crippen LogP contribution in [0.1, 0.15) is 33.1 Å². The Morgan fingerprint density at radius 1 is 1.25 bits per heavy atom. The maximum absolute atomic E-state index is 6.82. The molecule has 1 aliphatic carbocycles. The van der Waals surface area contributed by atoms with Crippen molar-refractivity contribution in [1.82, 2.24) is 4.90 Å². The molecule has 4 unspecified atom stereocenters. The molecule has 4 nitrogen and oxygen atoms in total. The van der Waals surface area contributed by atoms with Crippen molar-refractivity contribution < 1.29 is 9.47 Å². The van der Waals surface area contributed by atoms with Crippen LogP contribution in [0.4, 0.5) is 0 Å². The Labute approximate surface area is 123 Å². The van der Waals surface area contributed by atoms with Gasteiger partial charge in [-0.25, -0.2) is 0 Å². The highest BCUT2D eigenvalue weighted by Crippen LogP contribution is 2.58. The number of likely N-dealkylation sites (N-methyl/N-ethyl adjacent to an activating group) is 1. The first kappa shape index (κ1) is 14.8. The van der Waals surface area contributed by atoms with Crippen molar-refractivity contribution in [2.45, 2.75) is 44.8 Å². The lowest BCUT2D eigenvalue weighted by molar-refractivity contribution is -0.162. The van der Waals surface area contributed by atoms with Gasteiger partial charge in [0.1, 0.15) is 0 Å². The Bertz CT molecular complexity index is 354. The highest BCUT2D eigenvalue weighted by atomic mass is 16.5. The van der Waals surface area contributed by atoms with Gasteiger partial charge in [-0.15, -0.1) is 0 Å². The summed E-state index contributed by atoms with van der Waals surface area (Å²) in [5.41, 5.74) is 6.81. The third-order valence-electron chi connectivity index (χ3n) is 6.02. The summed E-state index contributed by atoms with van der Waals surface area (Å²) in [5.74, 6) is 1.22. The van der Waals surface area contributed by atoms with Gasteiger partial charge < -0.3 is 20.1 Å². The minimum atomic E-state index is -0.0988. The molecule has 4 atom stereocenters. The zero-order valence-electron chi connectivity index (χ0n) is 13.2. The highest BCUT2D eigenvalue weighted by molar-refractivity contribution is 5.21. The van der Waals surface area contributed by atoms with E-state index in [2.05, 4.69) is 25.8 Å². The topological polar surface area (TPSA) is 47.7 Å². The number of hydrogen-bond donors (Lipinski definition) is 1. The number of nitrogens with zero attached hydrogens (tertiary/aromatic N) is 1. The summed E-state index contributed by atoms with van der Waals surface area (Å²) in [6.45, 7) is 9.37. The molecule has 20 heavy (non-hydrogen) atoms. The van der Waals surface area contributed by atoms with Gasteiger partial charge in [0.05, 0.1) is 12.7 Å². The third-order valence-corrected chi connectivity index (χ3v) is 6.02. The van der Waals surface area contributed by atoms with Gasteiger partial charge in [-0.3, -0.25) is 0 Å². The van der Waals surface area contributed by atoms with Crippen LogP contribution in [0.3, 0.4) is 0 Å². The Kier molecular flexibility index (Phi) is 3.87. The summed E-state index contributed by atoms with van der Waals surface area (Å²) >= 11 is 0. The van der Waals surface area contributed by atoms with Gasteiger partial charge in [0, 0.05) is 43.2 Å². The predicted molar refractivity (Wildman–Crippen MR) is 79.6 cm³/mol. The first-order valence-electron chi connectivity index (χ1n) is 8.12. The van der Waals surface area contributed by atoms with Crippen LogP contribution >= 0.6 is 0 Å². The maximum atomic E-state index is 6.82. The zero-order valence-corrected chi connectivity index (χ0v) is 13.2. The fraction of sp³-hybridized carbons (Fsp3) is 1.00. The molecule has 2 N–H and O–H groups in total. The number of ether oxygens (including phenoxy) is 2. The van der Waals surface area contributed by atoms with Crippen LogP contribution in [0, 0.1) is 17.3 Å². The maximum Gasteiger partial charge on any atom is 0.0691 e. The van der Waals surface area contributed by atoms with E-state index in [1.807, 2.05) is 0 Å². The van der Waals surface area contributed by atoms with E-state index >= 15 is 0 Å². The Balaban J connectivity index is 1.58. The van der Waals surface area contributed by atoms with Crippen LogP contribution in [0.2, 0.25) is 0 Å². The van der Waals surface area contributed by atoms with Crippen LogP contribution < -0.4 is 5.73 Å². The van der Waals surface area contributed by atoms with E-state index < -0.39 is 0 Å². The standard InChI is InChI=1S/C16H30N2O2/c1-15(2)14-13(6-8-20-14)16(15,17)11-18(3)9-12-5-4-7-19-10-12/h12-14H,4-11,17H2,1-3H3. The van der Waals surface area contributed by atoms with Crippen molar-refractivity contribution in [1.29, 1.82) is 0 Å². The van der Waals surface area contributed by atoms with Crippen molar-refractivity contribution in [3.63, 3.8) is 0 Å². The number of hydrogen-bond acceptors (Lipinski definition) is 4. The van der Waals surface area contributed by atoms with E-state index in [-0.39, 0.29) is 11.0 Å². The fourth-order valence-corrected chi connectivity index (χ4v) is 4.70. The number of nitrogens with two attached hydrogens (primary N) is 1. The molecular weight excluding hydrogens is 252 g/mol. The molecule has 0 amide bonds. The van der Waals surface area contributed by atoms with Crippen molar-refractivity contribution in [3.05, 3.63) is 0 Å². The summed E-state index contributed by atoms with van der Waals surface area (Å²) in [4.78, 5) is 2.43. The van der Waals surface area contributed by atoms with Gasteiger partial charge in [-0.1, -0.05) is 13.8 Å². The van der Waals surface area contributed by atoms with Gasteiger partial charge in [0.2, 0.25) is 0 Å². The van der Waals surface area contributed by atoms with E-state index in [0.29, 0.717) is 17.9 Å². The van der Waals surface area contributed by atoms with Gasteiger partial charge in [-0.05, 0) is 32.2 Å². The minimum absolute atomic E-state index is 0.0888. The van der Waals surface area contributed by atoms with E-state index in [0.717, 1.165) is 39.3 Å². The van der Waals surface area contributed by atoms with Gasteiger partial charge >= 0.3 is 0 Å². The number of rotatable bonds is 4. The first-order chi connectivity index (χ1) is 9.45. The van der Waals surface area contributed by atoms with E-state index in [1.54, 1.807) is 0 Å². The molecule has 3 aliphatic rings. The van der Waals surface area contributed by atoms with Gasteiger partial charge in [-0.2, -0.15) is 0 Å². The Morgan fingerprint density at radius 2 is 2.05 bits per heavy atom. The summed E-state index contributed by atoms with van der Waals surface area (Å²) in [5, 5.41) is 0. The second-order valence-electron chi connectivity index (χ2n) is 7.73. The summed E-state index contributed by atoms with van der Waals surface area (Å²) in [7, 11) is 2.21. The zero-order chi connectivity index (χ0) is 14.4. The van der Waals surface area contributed by atoms with Crippen molar-refractivity contribution in [2.75, 3.05) is 40.0 Å². The second-order valence-corrected chi connectivity index (χ2v) is 7.73. The largest absolute Gasteiger partial charge is 0.381 e. The molecule has 2 aliphatic heterocycles.